The zero-order valence-corrected chi connectivity index (χ0v) is 7.74. The van der Waals surface area contributed by atoms with Crippen LogP contribution in [0.4, 0.5) is 0 Å². The Balaban J connectivity index is 2.82. The van der Waals surface area contributed by atoms with E-state index in [1.807, 2.05) is 6.92 Å². The summed E-state index contributed by atoms with van der Waals surface area (Å²) in [6, 6.07) is 0. The first-order valence-corrected chi connectivity index (χ1v) is 3.72. The van der Waals surface area contributed by atoms with E-state index in [0.29, 0.717) is 0 Å². The Bertz CT molecular complexity index is 70.9. The third-order valence-corrected chi connectivity index (χ3v) is 1.36. The summed E-state index contributed by atoms with van der Waals surface area (Å²) < 4.78 is 4.99. The van der Waals surface area contributed by atoms with Crippen LogP contribution in [0.2, 0.25) is 0 Å². The fourth-order valence-corrected chi connectivity index (χ4v) is 0.807. The van der Waals surface area contributed by atoms with Gasteiger partial charge in [0, 0.05) is 6.61 Å². The van der Waals surface area contributed by atoms with Gasteiger partial charge in [-0.15, -0.1) is 6.58 Å². The first-order chi connectivity index (χ1) is 3.77. The molecule has 0 fully saturated rings. The van der Waals surface area contributed by atoms with Crippen molar-refractivity contribution < 1.29 is 4.43 Å². The van der Waals surface area contributed by atoms with E-state index in [-0.39, 0.29) is 0 Å². The summed E-state index contributed by atoms with van der Waals surface area (Å²) in [7, 11) is 0.869. The van der Waals surface area contributed by atoms with Gasteiger partial charge in [0.2, 0.25) is 0 Å². The maximum absolute atomic E-state index is 4.99. The molecule has 0 unspecified atom stereocenters. The summed E-state index contributed by atoms with van der Waals surface area (Å²) in [6.07, 6.45) is 2.25. The molecule has 0 aromatic carbocycles. The fourth-order valence-electron chi connectivity index (χ4n) is 0.518. The molecule has 0 aromatic rings. The normalized spacial score (nSPS) is 9.62. The van der Waals surface area contributed by atoms with Crippen molar-refractivity contribution in [2.45, 2.75) is 19.8 Å². The smallest absolute Gasteiger partial charge is 0.145 e. The predicted molar refractivity (Wildman–Crippen MR) is 39.9 cm³/mol. The molecule has 0 saturated heterocycles. The standard InChI is InChI=1S/C6H14OSi/c1-6(2)4-3-5-7-8/h1,3-5H2,2,8H3. The maximum atomic E-state index is 4.99. The molecule has 0 heterocycles. The molecule has 0 spiro atoms. The van der Waals surface area contributed by atoms with Crippen LogP contribution in [0.1, 0.15) is 19.8 Å². The van der Waals surface area contributed by atoms with Crippen LogP contribution in [-0.4, -0.2) is 17.1 Å². The second-order valence-corrected chi connectivity index (χ2v) is 2.63. The molecular formula is C6H14OSi. The summed E-state index contributed by atoms with van der Waals surface area (Å²) in [5.41, 5.74) is 1.25. The number of hydrogen-bond donors (Lipinski definition) is 0. The van der Waals surface area contributed by atoms with E-state index in [0.717, 1.165) is 29.9 Å². The van der Waals surface area contributed by atoms with E-state index in [1.54, 1.807) is 0 Å². The van der Waals surface area contributed by atoms with Crippen LogP contribution < -0.4 is 0 Å². The van der Waals surface area contributed by atoms with Crippen LogP contribution in [0.5, 0.6) is 0 Å². The molecule has 0 bridgehead atoms. The Hall–Kier alpha value is -0.0831. The average molecular weight is 130 g/mol. The zero-order chi connectivity index (χ0) is 6.41. The SMILES string of the molecule is C=C(C)CCCO[SiH3]. The fraction of sp³-hybridized carbons (Fsp3) is 0.667. The van der Waals surface area contributed by atoms with Crippen molar-refractivity contribution in [1.29, 1.82) is 0 Å². The van der Waals surface area contributed by atoms with Crippen LogP contribution in [0.25, 0.3) is 0 Å². The van der Waals surface area contributed by atoms with Gasteiger partial charge >= 0.3 is 0 Å². The minimum atomic E-state index is 0.869. The van der Waals surface area contributed by atoms with Crippen LogP contribution in [0.15, 0.2) is 12.2 Å². The Labute approximate surface area is 54.3 Å². The van der Waals surface area contributed by atoms with Gasteiger partial charge in [-0.2, -0.15) is 0 Å². The summed E-state index contributed by atoms with van der Waals surface area (Å²) in [6.45, 7) is 6.75. The monoisotopic (exact) mass is 130 g/mol. The highest BCUT2D eigenvalue weighted by Gasteiger charge is 1.84. The Morgan fingerprint density at radius 2 is 2.38 bits per heavy atom. The number of allylic oxidation sites excluding steroid dienone is 1. The number of hydrogen-bond acceptors (Lipinski definition) is 1. The zero-order valence-electron chi connectivity index (χ0n) is 5.74. The summed E-state index contributed by atoms with van der Waals surface area (Å²) >= 11 is 0. The van der Waals surface area contributed by atoms with Crippen molar-refractivity contribution in [2.24, 2.45) is 0 Å². The van der Waals surface area contributed by atoms with Gasteiger partial charge in [-0.1, -0.05) is 5.57 Å². The molecule has 0 aliphatic carbocycles. The van der Waals surface area contributed by atoms with E-state index < -0.39 is 0 Å². The van der Waals surface area contributed by atoms with Crippen molar-refractivity contribution >= 4 is 10.5 Å². The van der Waals surface area contributed by atoms with E-state index in [2.05, 4.69) is 6.58 Å². The van der Waals surface area contributed by atoms with Crippen LogP contribution in [-0.2, 0) is 4.43 Å². The van der Waals surface area contributed by atoms with Gasteiger partial charge in [0.25, 0.3) is 0 Å². The summed E-state index contributed by atoms with van der Waals surface area (Å²) in [4.78, 5) is 0. The minimum absolute atomic E-state index is 0.869. The maximum Gasteiger partial charge on any atom is 0.145 e. The molecule has 2 heteroatoms. The molecule has 0 aromatic heterocycles. The molecule has 0 N–H and O–H groups in total. The predicted octanol–water partition coefficient (Wildman–Crippen LogP) is 0.640. The Morgan fingerprint density at radius 3 is 2.75 bits per heavy atom. The second kappa shape index (κ2) is 5.06. The molecule has 0 atom stereocenters. The highest BCUT2D eigenvalue weighted by Crippen LogP contribution is 1.98. The highest BCUT2D eigenvalue weighted by molar-refractivity contribution is 5.97. The Kier molecular flexibility index (Phi) is 5.01. The topological polar surface area (TPSA) is 9.23 Å². The molecule has 48 valence electrons. The lowest BCUT2D eigenvalue weighted by Crippen LogP contribution is -1.88. The van der Waals surface area contributed by atoms with Crippen LogP contribution in [0, 0.1) is 0 Å². The molecule has 8 heavy (non-hydrogen) atoms. The summed E-state index contributed by atoms with van der Waals surface area (Å²) in [5.74, 6) is 0. The molecule has 0 saturated carbocycles. The highest BCUT2D eigenvalue weighted by atomic mass is 28.2. The average Bonchev–Trinajstić information content (AvgIpc) is 1.66. The van der Waals surface area contributed by atoms with Crippen molar-refractivity contribution in [2.75, 3.05) is 6.61 Å². The van der Waals surface area contributed by atoms with Gasteiger partial charge in [0.1, 0.15) is 10.5 Å². The van der Waals surface area contributed by atoms with Gasteiger partial charge in [-0.25, -0.2) is 0 Å². The second-order valence-electron chi connectivity index (χ2n) is 2.05. The third-order valence-electron chi connectivity index (χ3n) is 0.952. The van der Waals surface area contributed by atoms with Crippen LogP contribution in [0.3, 0.4) is 0 Å². The lowest BCUT2D eigenvalue weighted by molar-refractivity contribution is 0.341. The summed E-state index contributed by atoms with van der Waals surface area (Å²) in [5, 5.41) is 0. The van der Waals surface area contributed by atoms with E-state index in [4.69, 9.17) is 4.43 Å². The quantitative estimate of drug-likeness (QED) is 0.308. The molecule has 0 radical (unpaired) electrons. The van der Waals surface area contributed by atoms with Gasteiger partial charge < -0.3 is 4.43 Å². The van der Waals surface area contributed by atoms with Crippen molar-refractivity contribution in [3.05, 3.63) is 12.2 Å². The molecule has 0 aliphatic heterocycles. The molecular weight excluding hydrogens is 116 g/mol. The third kappa shape index (κ3) is 5.92. The first kappa shape index (κ1) is 7.92. The van der Waals surface area contributed by atoms with E-state index in [9.17, 15) is 0 Å². The molecule has 0 rings (SSSR count). The Morgan fingerprint density at radius 1 is 1.75 bits per heavy atom. The molecule has 0 amide bonds. The largest absolute Gasteiger partial charge is 0.428 e. The first-order valence-electron chi connectivity index (χ1n) is 2.90. The van der Waals surface area contributed by atoms with Gasteiger partial charge in [0.05, 0.1) is 0 Å². The van der Waals surface area contributed by atoms with E-state index in [1.165, 1.54) is 5.57 Å². The van der Waals surface area contributed by atoms with Crippen molar-refractivity contribution in [1.82, 2.24) is 0 Å². The molecule has 0 aliphatic rings. The van der Waals surface area contributed by atoms with Crippen LogP contribution >= 0.6 is 0 Å². The van der Waals surface area contributed by atoms with Gasteiger partial charge in [0.15, 0.2) is 0 Å². The van der Waals surface area contributed by atoms with Gasteiger partial charge in [-0.05, 0) is 19.8 Å². The van der Waals surface area contributed by atoms with Crippen molar-refractivity contribution in [3.8, 4) is 0 Å². The lowest BCUT2D eigenvalue weighted by atomic mass is 10.2. The van der Waals surface area contributed by atoms with Crippen molar-refractivity contribution in [3.63, 3.8) is 0 Å². The molecule has 1 nitrogen and oxygen atoms in total. The van der Waals surface area contributed by atoms with Gasteiger partial charge in [-0.3, -0.25) is 0 Å². The lowest BCUT2D eigenvalue weighted by Gasteiger charge is -1.96. The minimum Gasteiger partial charge on any atom is -0.428 e. The van der Waals surface area contributed by atoms with E-state index >= 15 is 0 Å². The number of rotatable bonds is 4.